The molecule has 136 valence electrons. The van der Waals surface area contributed by atoms with Crippen LogP contribution in [-0.4, -0.2) is 24.8 Å². The Labute approximate surface area is 148 Å². The quantitative estimate of drug-likeness (QED) is 0.625. The van der Waals surface area contributed by atoms with Crippen molar-refractivity contribution in [2.24, 2.45) is 0 Å². The highest BCUT2D eigenvalue weighted by Crippen LogP contribution is 2.32. The van der Waals surface area contributed by atoms with Crippen molar-refractivity contribution in [2.45, 2.75) is 19.6 Å². The number of nitrogens with one attached hydrogen (secondary N) is 1. The fraction of sp³-hybridized carbons (Fsp3) is 0.222. The summed E-state index contributed by atoms with van der Waals surface area (Å²) in [6.45, 7) is 1.84. The van der Waals surface area contributed by atoms with Crippen molar-refractivity contribution in [1.29, 1.82) is 0 Å². The van der Waals surface area contributed by atoms with Crippen molar-refractivity contribution in [3.05, 3.63) is 53.3 Å². The molecule has 3 N–H and O–H groups in total. The minimum Gasteiger partial charge on any atom is -0.454 e. The normalized spacial score (nSPS) is 13.2. The molecule has 26 heavy (non-hydrogen) atoms. The highest BCUT2D eigenvalue weighted by Gasteiger charge is 2.21. The third kappa shape index (κ3) is 3.85. The second kappa shape index (κ2) is 7.30. The summed E-state index contributed by atoms with van der Waals surface area (Å²) in [5.41, 5.74) is 6.35. The molecule has 0 aliphatic carbocycles. The Bertz CT molecular complexity index is 855. The third-order valence-electron chi connectivity index (χ3n) is 3.79. The third-order valence-corrected chi connectivity index (χ3v) is 3.79. The van der Waals surface area contributed by atoms with E-state index in [1.54, 1.807) is 18.2 Å². The van der Waals surface area contributed by atoms with E-state index in [4.69, 9.17) is 19.9 Å². The van der Waals surface area contributed by atoms with Gasteiger partial charge >= 0.3 is 5.97 Å². The number of hydrogen-bond acceptors (Lipinski definition) is 6. The maximum absolute atomic E-state index is 13.0. The Morgan fingerprint density at radius 2 is 2.00 bits per heavy atom. The highest BCUT2D eigenvalue weighted by atomic mass is 19.1. The first kappa shape index (κ1) is 17.5. The lowest BCUT2D eigenvalue weighted by molar-refractivity contribution is -0.129. The van der Waals surface area contributed by atoms with E-state index in [1.165, 1.54) is 13.0 Å². The molecule has 1 aliphatic rings. The fourth-order valence-electron chi connectivity index (χ4n) is 2.38. The molecule has 1 heterocycles. The van der Waals surface area contributed by atoms with E-state index in [0.29, 0.717) is 11.5 Å². The monoisotopic (exact) mass is 360 g/mol. The van der Waals surface area contributed by atoms with Crippen LogP contribution in [0.2, 0.25) is 0 Å². The number of ether oxygens (including phenoxy) is 3. The van der Waals surface area contributed by atoms with Gasteiger partial charge in [-0.3, -0.25) is 4.79 Å². The summed E-state index contributed by atoms with van der Waals surface area (Å²) in [4.78, 5) is 24.2. The Morgan fingerprint density at radius 1 is 1.23 bits per heavy atom. The number of anilines is 1. The molecule has 7 nitrogen and oxygen atoms in total. The zero-order valence-electron chi connectivity index (χ0n) is 14.0. The fourth-order valence-corrected chi connectivity index (χ4v) is 2.38. The SMILES string of the molecule is C[C@H](OC(=O)c1ccc(F)cc1N)C(=O)NCc1ccc2c(c1)OCO2. The van der Waals surface area contributed by atoms with Gasteiger partial charge in [-0.1, -0.05) is 6.07 Å². The zero-order valence-corrected chi connectivity index (χ0v) is 14.0. The number of nitrogens with two attached hydrogens (primary N) is 1. The number of halogens is 1. The number of amides is 1. The summed E-state index contributed by atoms with van der Waals surface area (Å²) in [6, 6.07) is 8.63. The molecular weight excluding hydrogens is 343 g/mol. The van der Waals surface area contributed by atoms with E-state index in [-0.39, 0.29) is 24.6 Å². The van der Waals surface area contributed by atoms with Crippen molar-refractivity contribution >= 4 is 17.6 Å². The Morgan fingerprint density at radius 3 is 2.77 bits per heavy atom. The number of esters is 1. The van der Waals surface area contributed by atoms with Gasteiger partial charge in [0.15, 0.2) is 17.6 Å². The topological polar surface area (TPSA) is 99.9 Å². The Balaban J connectivity index is 1.55. The smallest absolute Gasteiger partial charge is 0.341 e. The van der Waals surface area contributed by atoms with Crippen LogP contribution in [0.5, 0.6) is 11.5 Å². The van der Waals surface area contributed by atoms with Gasteiger partial charge in [-0.25, -0.2) is 9.18 Å². The Hall–Kier alpha value is -3.29. The molecule has 3 rings (SSSR count). The van der Waals surface area contributed by atoms with Crippen LogP contribution in [0.4, 0.5) is 10.1 Å². The van der Waals surface area contributed by atoms with Crippen LogP contribution in [0.1, 0.15) is 22.8 Å². The van der Waals surface area contributed by atoms with Gasteiger partial charge in [-0.2, -0.15) is 0 Å². The average Bonchev–Trinajstić information content (AvgIpc) is 3.07. The maximum atomic E-state index is 13.0. The summed E-state index contributed by atoms with van der Waals surface area (Å²) in [5, 5.41) is 2.67. The Kier molecular flexibility index (Phi) is 4.92. The second-order valence-electron chi connectivity index (χ2n) is 5.68. The average molecular weight is 360 g/mol. The van der Waals surface area contributed by atoms with Crippen molar-refractivity contribution in [2.75, 3.05) is 12.5 Å². The molecule has 2 aromatic carbocycles. The molecule has 0 aromatic heterocycles. The van der Waals surface area contributed by atoms with Crippen molar-refractivity contribution < 1.29 is 28.2 Å². The number of rotatable bonds is 5. The summed E-state index contributed by atoms with van der Waals surface area (Å²) >= 11 is 0. The van der Waals surface area contributed by atoms with Crippen LogP contribution in [0.25, 0.3) is 0 Å². The summed E-state index contributed by atoms with van der Waals surface area (Å²) < 4.78 is 28.6. The van der Waals surface area contributed by atoms with E-state index in [9.17, 15) is 14.0 Å². The molecule has 8 heteroatoms. The second-order valence-corrected chi connectivity index (χ2v) is 5.68. The van der Waals surface area contributed by atoms with Crippen LogP contribution in [0.3, 0.4) is 0 Å². The zero-order chi connectivity index (χ0) is 18.7. The summed E-state index contributed by atoms with van der Waals surface area (Å²) in [7, 11) is 0. The molecule has 0 fully saturated rings. The van der Waals surface area contributed by atoms with Gasteiger partial charge in [0, 0.05) is 12.2 Å². The number of hydrogen-bond donors (Lipinski definition) is 2. The highest BCUT2D eigenvalue weighted by molar-refractivity contribution is 5.96. The summed E-state index contributed by atoms with van der Waals surface area (Å²) in [5.74, 6) is -0.569. The molecule has 0 saturated heterocycles. The first-order valence-corrected chi connectivity index (χ1v) is 7.86. The lowest BCUT2D eigenvalue weighted by Gasteiger charge is -2.14. The molecule has 0 unspecified atom stereocenters. The van der Waals surface area contributed by atoms with Gasteiger partial charge in [0.1, 0.15) is 5.82 Å². The van der Waals surface area contributed by atoms with Gasteiger partial charge in [-0.05, 0) is 42.8 Å². The minimum atomic E-state index is -1.04. The number of nitrogen functional groups attached to an aromatic ring is 1. The predicted molar refractivity (Wildman–Crippen MR) is 90.1 cm³/mol. The van der Waals surface area contributed by atoms with Crippen molar-refractivity contribution in [3.63, 3.8) is 0 Å². The van der Waals surface area contributed by atoms with Gasteiger partial charge in [0.2, 0.25) is 6.79 Å². The van der Waals surface area contributed by atoms with E-state index in [2.05, 4.69) is 5.32 Å². The lowest BCUT2D eigenvalue weighted by Crippen LogP contribution is -2.35. The first-order chi connectivity index (χ1) is 12.4. The molecule has 0 saturated carbocycles. The standard InChI is InChI=1S/C18H17FN2O5/c1-10(26-18(23)13-4-3-12(19)7-14(13)20)17(22)21-8-11-2-5-15-16(6-11)25-9-24-15/h2-7,10H,8-9,20H2,1H3,(H,21,22)/t10-/m0/s1. The van der Waals surface area contributed by atoms with Crippen LogP contribution in [0.15, 0.2) is 36.4 Å². The van der Waals surface area contributed by atoms with Gasteiger partial charge in [-0.15, -0.1) is 0 Å². The van der Waals surface area contributed by atoms with Crippen LogP contribution >= 0.6 is 0 Å². The van der Waals surface area contributed by atoms with E-state index < -0.39 is 23.8 Å². The first-order valence-electron chi connectivity index (χ1n) is 7.86. The van der Waals surface area contributed by atoms with E-state index in [0.717, 1.165) is 17.7 Å². The molecule has 1 aliphatic heterocycles. The largest absolute Gasteiger partial charge is 0.454 e. The molecule has 2 aromatic rings. The lowest BCUT2D eigenvalue weighted by atomic mass is 10.2. The van der Waals surface area contributed by atoms with E-state index in [1.807, 2.05) is 0 Å². The maximum Gasteiger partial charge on any atom is 0.341 e. The van der Waals surface area contributed by atoms with E-state index >= 15 is 0 Å². The van der Waals surface area contributed by atoms with Crippen LogP contribution < -0.4 is 20.5 Å². The molecule has 0 spiro atoms. The van der Waals surface area contributed by atoms with Crippen LogP contribution in [0, 0.1) is 5.82 Å². The van der Waals surface area contributed by atoms with Gasteiger partial charge < -0.3 is 25.3 Å². The minimum absolute atomic E-state index is 0.00169. The number of fused-ring (bicyclic) bond motifs is 1. The molecule has 1 atom stereocenters. The molecule has 0 bridgehead atoms. The number of benzene rings is 2. The van der Waals surface area contributed by atoms with Gasteiger partial charge in [0.05, 0.1) is 5.56 Å². The predicted octanol–water partition coefficient (Wildman–Crippen LogP) is 2.00. The van der Waals surface area contributed by atoms with Gasteiger partial charge in [0.25, 0.3) is 5.91 Å². The van der Waals surface area contributed by atoms with Crippen LogP contribution in [-0.2, 0) is 16.1 Å². The number of carbonyl (C=O) groups is 2. The number of carbonyl (C=O) groups excluding carboxylic acids is 2. The summed E-state index contributed by atoms with van der Waals surface area (Å²) in [6.07, 6.45) is -1.04. The van der Waals surface area contributed by atoms with Crippen molar-refractivity contribution in [3.8, 4) is 11.5 Å². The molecule has 0 radical (unpaired) electrons. The molecular formula is C18H17FN2O5. The van der Waals surface area contributed by atoms with Crippen molar-refractivity contribution in [1.82, 2.24) is 5.32 Å². The molecule has 1 amide bonds.